The second kappa shape index (κ2) is 7.72. The van der Waals surface area contributed by atoms with Crippen molar-refractivity contribution in [3.8, 4) is 17.1 Å². The summed E-state index contributed by atoms with van der Waals surface area (Å²) in [5, 5.41) is 16.0. The highest BCUT2D eigenvalue weighted by molar-refractivity contribution is 6.32. The minimum atomic E-state index is -0.663. The van der Waals surface area contributed by atoms with Crippen LogP contribution in [0.25, 0.3) is 11.4 Å². The van der Waals surface area contributed by atoms with Crippen LogP contribution in [0.1, 0.15) is 13.0 Å². The molecule has 7 nitrogen and oxygen atoms in total. The maximum absolute atomic E-state index is 12.4. The van der Waals surface area contributed by atoms with Crippen molar-refractivity contribution in [3.63, 3.8) is 0 Å². The van der Waals surface area contributed by atoms with Gasteiger partial charge in [0.25, 0.3) is 5.91 Å². The molecule has 134 valence electrons. The van der Waals surface area contributed by atoms with Gasteiger partial charge in [-0.3, -0.25) is 4.79 Å². The molecule has 0 spiro atoms. The molecule has 26 heavy (non-hydrogen) atoms. The van der Waals surface area contributed by atoms with E-state index in [0.717, 1.165) is 5.56 Å². The van der Waals surface area contributed by atoms with E-state index in [9.17, 15) is 4.79 Å². The fourth-order valence-corrected chi connectivity index (χ4v) is 2.58. The quantitative estimate of drug-likeness (QED) is 0.713. The number of ether oxygens (including phenoxy) is 1. The highest BCUT2D eigenvalue weighted by Gasteiger charge is 2.19. The molecule has 1 N–H and O–H groups in total. The van der Waals surface area contributed by atoms with Crippen molar-refractivity contribution < 1.29 is 9.53 Å². The molecule has 1 heterocycles. The lowest BCUT2D eigenvalue weighted by molar-refractivity contribution is -0.119. The van der Waals surface area contributed by atoms with Gasteiger partial charge in [-0.2, -0.15) is 4.80 Å². The molecule has 0 saturated heterocycles. The number of anilines is 1. The summed E-state index contributed by atoms with van der Waals surface area (Å²) in [6, 6.07) is 11.4. The lowest BCUT2D eigenvalue weighted by Gasteiger charge is -2.12. The fraction of sp³-hybridized carbons (Fsp3) is 0.176. The van der Waals surface area contributed by atoms with Crippen molar-refractivity contribution in [1.29, 1.82) is 0 Å². The van der Waals surface area contributed by atoms with Crippen molar-refractivity contribution in [3.05, 3.63) is 52.5 Å². The van der Waals surface area contributed by atoms with Gasteiger partial charge in [0.05, 0.1) is 12.1 Å². The van der Waals surface area contributed by atoms with Gasteiger partial charge in [-0.15, -0.1) is 10.2 Å². The number of aromatic nitrogens is 4. The van der Waals surface area contributed by atoms with Gasteiger partial charge in [0, 0.05) is 16.3 Å². The van der Waals surface area contributed by atoms with Gasteiger partial charge in [0.1, 0.15) is 11.8 Å². The number of carbonyl (C=O) groups excluding carboxylic acids is 1. The van der Waals surface area contributed by atoms with Gasteiger partial charge in [-0.25, -0.2) is 0 Å². The van der Waals surface area contributed by atoms with E-state index in [1.165, 1.54) is 11.9 Å². The Morgan fingerprint density at radius 2 is 1.92 bits per heavy atom. The molecule has 0 aliphatic carbocycles. The van der Waals surface area contributed by atoms with Crippen molar-refractivity contribution in [2.75, 3.05) is 12.4 Å². The number of benzene rings is 2. The molecule has 3 rings (SSSR count). The number of methoxy groups -OCH3 is 1. The summed E-state index contributed by atoms with van der Waals surface area (Å²) in [4.78, 5) is 13.7. The number of halogens is 2. The van der Waals surface area contributed by atoms with Gasteiger partial charge in [0.15, 0.2) is 0 Å². The normalized spacial score (nSPS) is 11.8. The number of rotatable bonds is 5. The summed E-state index contributed by atoms with van der Waals surface area (Å²) in [7, 11) is 1.52. The molecule has 2 aromatic carbocycles. The standard InChI is InChI=1S/C17H15Cl2N5O2/c1-10(17(25)20-13-7-8-15(26-2)14(19)9-13)24-22-16(21-23-24)11-3-5-12(18)6-4-11/h3-10H,1-2H3,(H,20,25). The van der Waals surface area contributed by atoms with Crippen LogP contribution in [-0.2, 0) is 4.79 Å². The molecule has 1 aromatic heterocycles. The Morgan fingerprint density at radius 3 is 2.58 bits per heavy atom. The maximum Gasteiger partial charge on any atom is 0.250 e. The summed E-state index contributed by atoms with van der Waals surface area (Å²) in [5.41, 5.74) is 1.31. The van der Waals surface area contributed by atoms with E-state index >= 15 is 0 Å². The van der Waals surface area contributed by atoms with E-state index in [4.69, 9.17) is 27.9 Å². The second-order valence-corrected chi connectivity index (χ2v) is 6.30. The molecular weight excluding hydrogens is 377 g/mol. The highest BCUT2D eigenvalue weighted by atomic mass is 35.5. The zero-order chi connectivity index (χ0) is 18.7. The molecule has 1 amide bonds. The van der Waals surface area contributed by atoms with Crippen LogP contribution >= 0.6 is 23.2 Å². The average molecular weight is 392 g/mol. The zero-order valence-corrected chi connectivity index (χ0v) is 15.5. The smallest absolute Gasteiger partial charge is 0.250 e. The van der Waals surface area contributed by atoms with Crippen LogP contribution in [0.5, 0.6) is 5.75 Å². The third kappa shape index (κ3) is 3.95. The molecule has 0 aliphatic heterocycles. The summed E-state index contributed by atoms with van der Waals surface area (Å²) in [6.45, 7) is 1.67. The first-order chi connectivity index (χ1) is 12.5. The highest BCUT2D eigenvalue weighted by Crippen LogP contribution is 2.27. The van der Waals surface area contributed by atoms with Crippen molar-refractivity contribution >= 4 is 34.8 Å². The minimum Gasteiger partial charge on any atom is -0.495 e. The predicted molar refractivity (Wildman–Crippen MR) is 99.6 cm³/mol. The Hall–Kier alpha value is -2.64. The lowest BCUT2D eigenvalue weighted by atomic mass is 10.2. The molecule has 3 aromatic rings. The van der Waals surface area contributed by atoms with E-state index in [0.29, 0.717) is 27.3 Å². The number of carbonyl (C=O) groups is 1. The number of nitrogens with one attached hydrogen (secondary N) is 1. The Bertz CT molecular complexity index is 927. The summed E-state index contributed by atoms with van der Waals surface area (Å²) in [5.74, 6) is 0.642. The van der Waals surface area contributed by atoms with Crippen LogP contribution in [-0.4, -0.2) is 33.2 Å². The molecule has 0 fully saturated rings. The Balaban J connectivity index is 1.72. The van der Waals surface area contributed by atoms with E-state index in [-0.39, 0.29) is 5.91 Å². The number of nitrogens with zero attached hydrogens (tertiary/aromatic N) is 4. The summed E-state index contributed by atoms with van der Waals surface area (Å²) < 4.78 is 5.09. The molecule has 1 atom stereocenters. The molecular formula is C17H15Cl2N5O2. The maximum atomic E-state index is 12.4. The molecule has 0 radical (unpaired) electrons. The third-order valence-electron chi connectivity index (χ3n) is 3.68. The van der Waals surface area contributed by atoms with Gasteiger partial charge in [-0.1, -0.05) is 23.2 Å². The van der Waals surface area contributed by atoms with E-state index in [2.05, 4.69) is 20.7 Å². The average Bonchev–Trinajstić information content (AvgIpc) is 3.12. The topological polar surface area (TPSA) is 81.9 Å². The number of hydrogen-bond acceptors (Lipinski definition) is 5. The predicted octanol–water partition coefficient (Wildman–Crippen LogP) is 3.86. The van der Waals surface area contributed by atoms with Crippen LogP contribution in [0.3, 0.4) is 0 Å². The Morgan fingerprint density at radius 1 is 1.19 bits per heavy atom. The number of amides is 1. The summed E-state index contributed by atoms with van der Waals surface area (Å²) in [6.07, 6.45) is 0. The first-order valence-electron chi connectivity index (χ1n) is 7.68. The van der Waals surface area contributed by atoms with Crippen LogP contribution in [0, 0.1) is 0 Å². The molecule has 9 heteroatoms. The number of tetrazole rings is 1. The SMILES string of the molecule is COc1ccc(NC(=O)C(C)n2nnc(-c3ccc(Cl)cc3)n2)cc1Cl. The van der Waals surface area contributed by atoms with Crippen LogP contribution in [0.15, 0.2) is 42.5 Å². The molecule has 0 aliphatic rings. The zero-order valence-electron chi connectivity index (χ0n) is 14.0. The van der Waals surface area contributed by atoms with Crippen molar-refractivity contribution in [2.45, 2.75) is 13.0 Å². The van der Waals surface area contributed by atoms with E-state index in [1.54, 1.807) is 49.4 Å². The lowest BCUT2D eigenvalue weighted by Crippen LogP contribution is -2.25. The molecule has 0 saturated carbocycles. The third-order valence-corrected chi connectivity index (χ3v) is 4.22. The first-order valence-corrected chi connectivity index (χ1v) is 8.43. The first kappa shape index (κ1) is 18.2. The van der Waals surface area contributed by atoms with E-state index < -0.39 is 6.04 Å². The Labute approximate surface area is 159 Å². The second-order valence-electron chi connectivity index (χ2n) is 5.45. The van der Waals surface area contributed by atoms with Gasteiger partial charge < -0.3 is 10.1 Å². The fourth-order valence-electron chi connectivity index (χ4n) is 2.20. The monoisotopic (exact) mass is 391 g/mol. The molecule has 1 unspecified atom stereocenters. The van der Waals surface area contributed by atoms with Gasteiger partial charge >= 0.3 is 0 Å². The van der Waals surface area contributed by atoms with Crippen molar-refractivity contribution in [2.24, 2.45) is 0 Å². The van der Waals surface area contributed by atoms with Gasteiger partial charge in [0.2, 0.25) is 5.82 Å². The van der Waals surface area contributed by atoms with Crippen molar-refractivity contribution in [1.82, 2.24) is 20.2 Å². The van der Waals surface area contributed by atoms with E-state index in [1.807, 2.05) is 0 Å². The Kier molecular flexibility index (Phi) is 5.39. The minimum absolute atomic E-state index is 0.300. The summed E-state index contributed by atoms with van der Waals surface area (Å²) >= 11 is 11.9. The van der Waals surface area contributed by atoms with Crippen LogP contribution < -0.4 is 10.1 Å². The van der Waals surface area contributed by atoms with Crippen LogP contribution in [0.4, 0.5) is 5.69 Å². The largest absolute Gasteiger partial charge is 0.495 e. The van der Waals surface area contributed by atoms with Gasteiger partial charge in [-0.05, 0) is 54.6 Å². The molecule has 0 bridgehead atoms. The van der Waals surface area contributed by atoms with Crippen LogP contribution in [0.2, 0.25) is 10.0 Å². The number of hydrogen-bond donors (Lipinski definition) is 1.